The van der Waals surface area contributed by atoms with Crippen LogP contribution in [0.1, 0.15) is 11.1 Å². The Morgan fingerprint density at radius 1 is 1.13 bits per heavy atom. The first-order valence-corrected chi connectivity index (χ1v) is 8.46. The van der Waals surface area contributed by atoms with E-state index in [1.165, 1.54) is 17.3 Å². The first-order chi connectivity index (χ1) is 11.2. The molecule has 0 saturated carbocycles. The molecular weight excluding hydrogens is 308 g/mol. The molecule has 1 N–H and O–H groups in total. The van der Waals surface area contributed by atoms with Crippen molar-refractivity contribution in [2.24, 2.45) is 0 Å². The lowest BCUT2D eigenvalue weighted by molar-refractivity contribution is 0.322. The Bertz CT molecular complexity index is 872. The van der Waals surface area contributed by atoms with Crippen molar-refractivity contribution in [2.45, 2.75) is 18.6 Å². The van der Waals surface area contributed by atoms with Crippen LogP contribution in [0.3, 0.4) is 0 Å². The van der Waals surface area contributed by atoms with Gasteiger partial charge >= 0.3 is 0 Å². The summed E-state index contributed by atoms with van der Waals surface area (Å²) in [6, 6.07) is 15.5. The molecular formula is C18H18N2O2S. The highest BCUT2D eigenvalue weighted by Crippen LogP contribution is 2.18. The van der Waals surface area contributed by atoms with E-state index >= 15 is 0 Å². The Morgan fingerprint density at radius 2 is 1.87 bits per heavy atom. The number of hydrogen-bond donors (Lipinski definition) is 1. The molecule has 0 bridgehead atoms. The van der Waals surface area contributed by atoms with Gasteiger partial charge in [0, 0.05) is 5.75 Å². The van der Waals surface area contributed by atoms with E-state index in [4.69, 9.17) is 5.11 Å². The number of fused-ring (bicyclic) bond motifs is 1. The topological polar surface area (TPSA) is 55.1 Å². The maximum Gasteiger partial charge on any atom is 0.262 e. The van der Waals surface area contributed by atoms with Gasteiger partial charge in [-0.2, -0.15) is 0 Å². The quantitative estimate of drug-likeness (QED) is 0.579. The molecule has 0 spiro atoms. The van der Waals surface area contributed by atoms with Crippen LogP contribution in [-0.2, 0) is 6.54 Å². The van der Waals surface area contributed by atoms with Crippen molar-refractivity contribution in [2.75, 3.05) is 12.4 Å². The van der Waals surface area contributed by atoms with Crippen molar-refractivity contribution in [1.29, 1.82) is 0 Å². The first kappa shape index (κ1) is 15.8. The molecule has 0 amide bonds. The summed E-state index contributed by atoms with van der Waals surface area (Å²) in [5.74, 6) is 0.513. The van der Waals surface area contributed by atoms with E-state index in [2.05, 4.69) is 4.98 Å². The summed E-state index contributed by atoms with van der Waals surface area (Å²) in [6.07, 6.45) is 0. The Labute approximate surface area is 138 Å². The van der Waals surface area contributed by atoms with Crippen LogP contribution in [0.15, 0.2) is 58.5 Å². The Kier molecular flexibility index (Phi) is 4.79. The minimum absolute atomic E-state index is 0.0448. The Morgan fingerprint density at radius 3 is 2.61 bits per heavy atom. The number of hydrogen-bond acceptors (Lipinski definition) is 4. The van der Waals surface area contributed by atoms with Gasteiger partial charge in [0.2, 0.25) is 0 Å². The normalized spacial score (nSPS) is 11.0. The highest BCUT2D eigenvalue weighted by atomic mass is 32.2. The first-order valence-electron chi connectivity index (χ1n) is 7.48. The number of aromatic nitrogens is 2. The molecule has 3 aromatic rings. The average molecular weight is 326 g/mol. The standard InChI is InChI=1S/C18H18N2O2S/c1-13-6-8-14(9-7-13)12-20-17(22)15-4-2-3-5-16(15)19-18(20)23-11-10-21/h2-9,21H,10-12H2,1H3. The van der Waals surface area contributed by atoms with Gasteiger partial charge in [-0.25, -0.2) is 4.98 Å². The van der Waals surface area contributed by atoms with Crippen LogP contribution in [0.2, 0.25) is 0 Å². The molecule has 0 atom stereocenters. The predicted molar refractivity (Wildman–Crippen MR) is 94.1 cm³/mol. The van der Waals surface area contributed by atoms with Crippen molar-refractivity contribution in [3.63, 3.8) is 0 Å². The molecule has 5 heteroatoms. The zero-order chi connectivity index (χ0) is 16.2. The van der Waals surface area contributed by atoms with Gasteiger partial charge in [-0.15, -0.1) is 0 Å². The van der Waals surface area contributed by atoms with E-state index in [0.717, 1.165) is 5.56 Å². The van der Waals surface area contributed by atoms with Crippen LogP contribution in [0.5, 0.6) is 0 Å². The maximum absolute atomic E-state index is 12.8. The lowest BCUT2D eigenvalue weighted by Crippen LogP contribution is -2.24. The van der Waals surface area contributed by atoms with Crippen LogP contribution in [0.4, 0.5) is 0 Å². The van der Waals surface area contributed by atoms with E-state index < -0.39 is 0 Å². The van der Waals surface area contributed by atoms with E-state index in [1.807, 2.05) is 49.4 Å². The minimum atomic E-state index is -0.0448. The molecule has 0 unspecified atom stereocenters. The lowest BCUT2D eigenvalue weighted by Gasteiger charge is -2.13. The number of aliphatic hydroxyl groups is 1. The van der Waals surface area contributed by atoms with Gasteiger partial charge in [0.25, 0.3) is 5.56 Å². The van der Waals surface area contributed by atoms with Crippen LogP contribution in [0.25, 0.3) is 10.9 Å². The van der Waals surface area contributed by atoms with Crippen LogP contribution in [-0.4, -0.2) is 27.0 Å². The summed E-state index contributed by atoms with van der Waals surface area (Å²) >= 11 is 1.40. The second-order valence-corrected chi connectivity index (χ2v) is 6.42. The SMILES string of the molecule is Cc1ccc(Cn2c(SCCO)nc3ccccc3c2=O)cc1. The van der Waals surface area contributed by atoms with Crippen LogP contribution >= 0.6 is 11.8 Å². The monoisotopic (exact) mass is 326 g/mol. The summed E-state index contributed by atoms with van der Waals surface area (Å²) in [6.45, 7) is 2.57. The number of thioether (sulfide) groups is 1. The van der Waals surface area contributed by atoms with Gasteiger partial charge in [-0.05, 0) is 24.6 Å². The number of nitrogens with zero attached hydrogens (tertiary/aromatic N) is 2. The summed E-state index contributed by atoms with van der Waals surface area (Å²) in [5, 5.41) is 10.3. The smallest absolute Gasteiger partial charge is 0.262 e. The average Bonchev–Trinajstić information content (AvgIpc) is 2.57. The van der Waals surface area contributed by atoms with Gasteiger partial charge in [-0.1, -0.05) is 53.7 Å². The third kappa shape index (κ3) is 3.46. The third-order valence-corrected chi connectivity index (χ3v) is 4.57. The Hall–Kier alpha value is -2.11. The molecule has 0 saturated heterocycles. The molecule has 2 aromatic carbocycles. The van der Waals surface area contributed by atoms with Crippen molar-refractivity contribution in [3.05, 3.63) is 70.0 Å². The summed E-state index contributed by atoms with van der Waals surface area (Å²) in [4.78, 5) is 17.4. The van der Waals surface area contributed by atoms with Crippen LogP contribution in [0, 0.1) is 6.92 Å². The summed E-state index contributed by atoms with van der Waals surface area (Å²) in [7, 11) is 0. The second kappa shape index (κ2) is 6.98. The number of benzene rings is 2. The van der Waals surface area contributed by atoms with Crippen molar-refractivity contribution in [3.8, 4) is 0 Å². The fourth-order valence-electron chi connectivity index (χ4n) is 2.41. The van der Waals surface area contributed by atoms with Crippen molar-refractivity contribution >= 4 is 22.7 Å². The number of para-hydroxylation sites is 1. The molecule has 1 aromatic heterocycles. The highest BCUT2D eigenvalue weighted by Gasteiger charge is 2.11. The molecule has 23 heavy (non-hydrogen) atoms. The number of aryl methyl sites for hydroxylation is 1. The van der Waals surface area contributed by atoms with Gasteiger partial charge < -0.3 is 5.11 Å². The van der Waals surface area contributed by atoms with Crippen LogP contribution < -0.4 is 5.56 Å². The van der Waals surface area contributed by atoms with E-state index in [-0.39, 0.29) is 12.2 Å². The zero-order valence-corrected chi connectivity index (χ0v) is 13.7. The third-order valence-electron chi connectivity index (χ3n) is 3.61. The highest BCUT2D eigenvalue weighted by molar-refractivity contribution is 7.99. The van der Waals surface area contributed by atoms with Gasteiger partial charge in [-0.3, -0.25) is 9.36 Å². The minimum Gasteiger partial charge on any atom is -0.396 e. The predicted octanol–water partition coefficient (Wildman–Crippen LogP) is 2.84. The van der Waals surface area contributed by atoms with Gasteiger partial charge in [0.1, 0.15) is 0 Å². The molecule has 1 heterocycles. The molecule has 0 fully saturated rings. The molecule has 3 rings (SSSR count). The molecule has 0 aliphatic heterocycles. The van der Waals surface area contributed by atoms with Crippen molar-refractivity contribution < 1.29 is 5.11 Å². The van der Waals surface area contributed by atoms with E-state index in [0.29, 0.717) is 28.4 Å². The molecule has 4 nitrogen and oxygen atoms in total. The molecule has 118 valence electrons. The number of aliphatic hydroxyl groups excluding tert-OH is 1. The second-order valence-electron chi connectivity index (χ2n) is 5.36. The van der Waals surface area contributed by atoms with Gasteiger partial charge in [0.05, 0.1) is 24.1 Å². The summed E-state index contributed by atoms with van der Waals surface area (Å²) < 4.78 is 1.69. The number of rotatable bonds is 5. The maximum atomic E-state index is 12.8. The molecule has 0 radical (unpaired) electrons. The molecule has 0 aliphatic carbocycles. The zero-order valence-electron chi connectivity index (χ0n) is 12.9. The summed E-state index contributed by atoms with van der Waals surface area (Å²) in [5.41, 5.74) is 2.89. The Balaban J connectivity index is 2.09. The lowest BCUT2D eigenvalue weighted by atomic mass is 10.1. The molecule has 0 aliphatic rings. The van der Waals surface area contributed by atoms with E-state index in [9.17, 15) is 4.79 Å². The van der Waals surface area contributed by atoms with Gasteiger partial charge in [0.15, 0.2) is 5.16 Å². The van der Waals surface area contributed by atoms with E-state index in [1.54, 1.807) is 10.6 Å². The largest absolute Gasteiger partial charge is 0.396 e. The van der Waals surface area contributed by atoms with Crippen molar-refractivity contribution in [1.82, 2.24) is 9.55 Å². The fourth-order valence-corrected chi connectivity index (χ4v) is 3.15. The fraction of sp³-hybridized carbons (Fsp3) is 0.222.